The molecule has 0 unspecified atom stereocenters. The van der Waals surface area contributed by atoms with Crippen LogP contribution in [0.5, 0.6) is 0 Å². The molecule has 1 N–H and O–H groups in total. The topological polar surface area (TPSA) is 15.3 Å². The van der Waals surface area contributed by atoms with Crippen LogP contribution in [-0.2, 0) is 0 Å². The second kappa shape index (κ2) is 6.58. The van der Waals surface area contributed by atoms with Gasteiger partial charge in [-0.25, -0.2) is 0 Å². The van der Waals surface area contributed by atoms with Gasteiger partial charge in [-0.3, -0.25) is 0 Å². The van der Waals surface area contributed by atoms with Crippen LogP contribution in [0.15, 0.2) is 0 Å². The average Bonchev–Trinajstić information content (AvgIpc) is 3.26. The van der Waals surface area contributed by atoms with Gasteiger partial charge < -0.3 is 10.2 Å². The van der Waals surface area contributed by atoms with E-state index < -0.39 is 0 Å². The lowest BCUT2D eigenvalue weighted by Gasteiger charge is -2.41. The predicted molar refractivity (Wildman–Crippen MR) is 81.5 cm³/mol. The summed E-state index contributed by atoms with van der Waals surface area (Å²) in [6, 6.07) is 0.878. The molecule has 0 radical (unpaired) electrons. The molecule has 2 aliphatic carbocycles. The lowest BCUT2D eigenvalue weighted by atomic mass is 9.73. The van der Waals surface area contributed by atoms with E-state index >= 15 is 0 Å². The SMILES string of the molecule is C1CCCN(CC2(CNC3CC3)CCCCC2)CC1. The number of rotatable bonds is 5. The second-order valence-corrected chi connectivity index (χ2v) is 7.41. The molecule has 0 spiro atoms. The van der Waals surface area contributed by atoms with Gasteiger partial charge in [-0.1, -0.05) is 32.1 Å². The molecule has 1 aliphatic heterocycles. The summed E-state index contributed by atoms with van der Waals surface area (Å²) in [6.45, 7) is 5.41. The van der Waals surface area contributed by atoms with Gasteiger partial charge in [-0.2, -0.15) is 0 Å². The van der Waals surface area contributed by atoms with Gasteiger partial charge in [0.25, 0.3) is 0 Å². The van der Waals surface area contributed by atoms with Crippen molar-refractivity contribution in [3.63, 3.8) is 0 Å². The molecule has 2 saturated carbocycles. The molecular weight excluding hydrogens is 232 g/mol. The zero-order chi connectivity index (χ0) is 13.0. The maximum atomic E-state index is 3.85. The molecule has 3 aliphatic rings. The van der Waals surface area contributed by atoms with Crippen molar-refractivity contribution in [2.45, 2.75) is 76.7 Å². The number of nitrogens with one attached hydrogen (secondary N) is 1. The van der Waals surface area contributed by atoms with Crippen LogP contribution in [0.25, 0.3) is 0 Å². The van der Waals surface area contributed by atoms with Gasteiger partial charge in [0.05, 0.1) is 0 Å². The zero-order valence-electron chi connectivity index (χ0n) is 12.6. The lowest BCUT2D eigenvalue weighted by molar-refractivity contribution is 0.104. The van der Waals surface area contributed by atoms with Crippen LogP contribution in [0.2, 0.25) is 0 Å². The zero-order valence-corrected chi connectivity index (χ0v) is 12.6. The average molecular weight is 264 g/mol. The Bertz CT molecular complexity index is 258. The molecule has 0 amide bonds. The first-order chi connectivity index (χ1) is 9.36. The first kappa shape index (κ1) is 13.9. The Kier molecular flexibility index (Phi) is 4.81. The summed E-state index contributed by atoms with van der Waals surface area (Å²) in [5.74, 6) is 0. The molecule has 0 bridgehead atoms. The third-order valence-electron chi connectivity index (χ3n) is 5.52. The Hall–Kier alpha value is -0.0800. The highest BCUT2D eigenvalue weighted by Gasteiger charge is 2.35. The minimum atomic E-state index is 0.616. The van der Waals surface area contributed by atoms with Crippen LogP contribution < -0.4 is 5.32 Å². The highest BCUT2D eigenvalue weighted by molar-refractivity contribution is 4.91. The van der Waals surface area contributed by atoms with Crippen LogP contribution in [-0.4, -0.2) is 37.1 Å². The maximum Gasteiger partial charge on any atom is 0.00684 e. The van der Waals surface area contributed by atoms with E-state index in [1.165, 1.54) is 96.8 Å². The van der Waals surface area contributed by atoms with Crippen molar-refractivity contribution in [3.8, 4) is 0 Å². The van der Waals surface area contributed by atoms with Gasteiger partial charge in [0.15, 0.2) is 0 Å². The normalized spacial score (nSPS) is 29.1. The van der Waals surface area contributed by atoms with E-state index in [1.54, 1.807) is 0 Å². The van der Waals surface area contributed by atoms with Crippen molar-refractivity contribution in [1.29, 1.82) is 0 Å². The highest BCUT2D eigenvalue weighted by Crippen LogP contribution is 2.37. The standard InChI is InChI=1S/C17H32N2/c1-2-7-13-19(12-6-1)15-17(10-4-3-5-11-17)14-18-16-8-9-16/h16,18H,1-15H2. The molecule has 110 valence electrons. The van der Waals surface area contributed by atoms with Gasteiger partial charge in [0.2, 0.25) is 0 Å². The first-order valence-corrected chi connectivity index (χ1v) is 8.82. The van der Waals surface area contributed by atoms with Crippen LogP contribution in [0.4, 0.5) is 0 Å². The third-order valence-corrected chi connectivity index (χ3v) is 5.52. The van der Waals surface area contributed by atoms with Gasteiger partial charge in [-0.15, -0.1) is 0 Å². The summed E-state index contributed by atoms with van der Waals surface area (Å²) < 4.78 is 0. The quantitative estimate of drug-likeness (QED) is 0.816. The van der Waals surface area contributed by atoms with Gasteiger partial charge in [0.1, 0.15) is 0 Å². The first-order valence-electron chi connectivity index (χ1n) is 8.82. The Labute approximate surface area is 119 Å². The van der Waals surface area contributed by atoms with Crippen LogP contribution in [0.3, 0.4) is 0 Å². The highest BCUT2D eigenvalue weighted by atomic mass is 15.1. The number of likely N-dealkylation sites (tertiary alicyclic amines) is 1. The van der Waals surface area contributed by atoms with E-state index in [0.29, 0.717) is 5.41 Å². The fraction of sp³-hybridized carbons (Fsp3) is 1.00. The van der Waals surface area contributed by atoms with Gasteiger partial charge in [0, 0.05) is 19.1 Å². The molecule has 0 aromatic heterocycles. The summed E-state index contributed by atoms with van der Waals surface area (Å²) in [6.07, 6.45) is 16.0. The number of hydrogen-bond donors (Lipinski definition) is 1. The summed E-state index contributed by atoms with van der Waals surface area (Å²) in [5, 5.41) is 3.85. The summed E-state index contributed by atoms with van der Waals surface area (Å²) in [7, 11) is 0. The van der Waals surface area contributed by atoms with Gasteiger partial charge >= 0.3 is 0 Å². The Morgan fingerprint density at radius 3 is 2.11 bits per heavy atom. The fourth-order valence-corrected chi connectivity index (χ4v) is 4.11. The minimum absolute atomic E-state index is 0.616. The number of hydrogen-bond acceptors (Lipinski definition) is 2. The molecule has 19 heavy (non-hydrogen) atoms. The van der Waals surface area contributed by atoms with Crippen LogP contribution in [0.1, 0.15) is 70.6 Å². The van der Waals surface area contributed by atoms with Crippen LogP contribution >= 0.6 is 0 Å². The third kappa shape index (κ3) is 4.19. The smallest absolute Gasteiger partial charge is 0.00684 e. The molecule has 3 rings (SSSR count). The van der Waals surface area contributed by atoms with E-state index in [1.807, 2.05) is 0 Å². The van der Waals surface area contributed by atoms with Crippen molar-refractivity contribution in [2.75, 3.05) is 26.2 Å². The van der Waals surface area contributed by atoms with Gasteiger partial charge in [-0.05, 0) is 57.0 Å². The molecule has 2 nitrogen and oxygen atoms in total. The van der Waals surface area contributed by atoms with Crippen molar-refractivity contribution < 1.29 is 0 Å². The molecule has 0 aromatic rings. The molecule has 1 saturated heterocycles. The van der Waals surface area contributed by atoms with E-state index in [9.17, 15) is 0 Å². The molecule has 3 fully saturated rings. The van der Waals surface area contributed by atoms with E-state index in [4.69, 9.17) is 0 Å². The summed E-state index contributed by atoms with van der Waals surface area (Å²) in [5.41, 5.74) is 0.616. The Morgan fingerprint density at radius 2 is 1.47 bits per heavy atom. The maximum absolute atomic E-state index is 3.85. The Morgan fingerprint density at radius 1 is 0.842 bits per heavy atom. The molecule has 1 heterocycles. The van der Waals surface area contributed by atoms with E-state index in [0.717, 1.165) is 6.04 Å². The summed E-state index contributed by atoms with van der Waals surface area (Å²) in [4.78, 5) is 2.80. The van der Waals surface area contributed by atoms with Crippen molar-refractivity contribution in [1.82, 2.24) is 10.2 Å². The minimum Gasteiger partial charge on any atom is -0.313 e. The van der Waals surface area contributed by atoms with Crippen molar-refractivity contribution in [3.05, 3.63) is 0 Å². The predicted octanol–water partition coefficient (Wildman–Crippen LogP) is 3.56. The second-order valence-electron chi connectivity index (χ2n) is 7.41. The largest absolute Gasteiger partial charge is 0.313 e. The van der Waals surface area contributed by atoms with Crippen molar-refractivity contribution in [2.24, 2.45) is 5.41 Å². The number of nitrogens with zero attached hydrogens (tertiary/aromatic N) is 1. The van der Waals surface area contributed by atoms with Crippen molar-refractivity contribution >= 4 is 0 Å². The monoisotopic (exact) mass is 264 g/mol. The fourth-order valence-electron chi connectivity index (χ4n) is 4.11. The van der Waals surface area contributed by atoms with E-state index in [-0.39, 0.29) is 0 Å². The lowest BCUT2D eigenvalue weighted by Crippen LogP contribution is -2.46. The van der Waals surface area contributed by atoms with Crippen LogP contribution in [0, 0.1) is 5.41 Å². The molecule has 0 aromatic carbocycles. The molecule has 0 atom stereocenters. The Balaban J connectivity index is 1.56. The molecule has 2 heteroatoms. The summed E-state index contributed by atoms with van der Waals surface area (Å²) >= 11 is 0. The van der Waals surface area contributed by atoms with E-state index in [2.05, 4.69) is 10.2 Å². The molecular formula is C17H32N2.